The maximum absolute atomic E-state index is 12.4. The molecule has 0 aliphatic carbocycles. The molecule has 1 atom stereocenters. The third-order valence-electron chi connectivity index (χ3n) is 3.67. The molecule has 4 nitrogen and oxygen atoms in total. The van der Waals surface area contributed by atoms with Crippen molar-refractivity contribution in [1.82, 2.24) is 9.88 Å². The van der Waals surface area contributed by atoms with Gasteiger partial charge in [0.25, 0.3) is 0 Å². The van der Waals surface area contributed by atoms with Gasteiger partial charge in [-0.05, 0) is 29.8 Å². The number of hydrogen-bond donors (Lipinski definition) is 0. The molecule has 1 fully saturated rings. The van der Waals surface area contributed by atoms with Gasteiger partial charge in [-0.15, -0.1) is 11.8 Å². The molecule has 6 heteroatoms. The molecule has 2 aromatic rings. The largest absolute Gasteiger partial charge is 0.370 e. The molecule has 3 rings (SSSR count). The Hall–Kier alpha value is -1.56. The Labute approximate surface area is 144 Å². The maximum atomic E-state index is 12.4. The summed E-state index contributed by atoms with van der Waals surface area (Å²) in [7, 11) is 0. The first-order valence-electron chi connectivity index (χ1n) is 7.40. The molecular formula is C17H17ClN2O2S. The third-order valence-corrected chi connectivity index (χ3v) is 4.92. The number of carbonyl (C=O) groups is 1. The van der Waals surface area contributed by atoms with E-state index in [0.29, 0.717) is 30.5 Å². The molecule has 1 unspecified atom stereocenters. The fourth-order valence-electron chi connectivity index (χ4n) is 2.43. The lowest BCUT2D eigenvalue weighted by Gasteiger charge is -2.33. The zero-order chi connectivity index (χ0) is 16.1. The molecule has 0 bridgehead atoms. The van der Waals surface area contributed by atoms with Crippen LogP contribution in [-0.4, -0.2) is 41.2 Å². The van der Waals surface area contributed by atoms with Crippen molar-refractivity contribution in [2.45, 2.75) is 11.0 Å². The second-order valence-electron chi connectivity index (χ2n) is 5.22. The predicted molar refractivity (Wildman–Crippen MR) is 91.7 cm³/mol. The van der Waals surface area contributed by atoms with E-state index < -0.39 is 0 Å². The van der Waals surface area contributed by atoms with Gasteiger partial charge < -0.3 is 9.64 Å². The summed E-state index contributed by atoms with van der Waals surface area (Å²) < 4.78 is 5.80. The van der Waals surface area contributed by atoms with E-state index in [9.17, 15) is 4.79 Å². The van der Waals surface area contributed by atoms with Crippen molar-refractivity contribution in [3.63, 3.8) is 0 Å². The van der Waals surface area contributed by atoms with Crippen molar-refractivity contribution < 1.29 is 9.53 Å². The van der Waals surface area contributed by atoms with E-state index >= 15 is 0 Å². The molecule has 0 N–H and O–H groups in total. The van der Waals surface area contributed by atoms with Crippen molar-refractivity contribution in [1.29, 1.82) is 0 Å². The number of thioether (sulfide) groups is 1. The maximum Gasteiger partial charge on any atom is 0.233 e. The summed E-state index contributed by atoms with van der Waals surface area (Å²) in [5.41, 5.74) is 1.05. The lowest BCUT2D eigenvalue weighted by molar-refractivity contribution is -0.136. The molecule has 0 spiro atoms. The molecule has 1 aromatic heterocycles. The molecule has 1 aromatic carbocycles. The molecule has 2 heterocycles. The summed E-state index contributed by atoms with van der Waals surface area (Å²) in [6, 6.07) is 11.4. The van der Waals surface area contributed by atoms with E-state index in [2.05, 4.69) is 4.98 Å². The average Bonchev–Trinajstić information content (AvgIpc) is 2.61. The highest BCUT2D eigenvalue weighted by Gasteiger charge is 2.25. The van der Waals surface area contributed by atoms with Crippen molar-refractivity contribution in [2.24, 2.45) is 0 Å². The van der Waals surface area contributed by atoms with Gasteiger partial charge in [0, 0.05) is 28.9 Å². The van der Waals surface area contributed by atoms with E-state index in [0.717, 1.165) is 10.5 Å². The minimum atomic E-state index is -0.0871. The second-order valence-corrected chi connectivity index (χ2v) is 6.71. The molecule has 1 aliphatic heterocycles. The van der Waals surface area contributed by atoms with Crippen LogP contribution in [0.3, 0.4) is 0 Å². The molecular weight excluding hydrogens is 332 g/mol. The Kier molecular flexibility index (Phi) is 5.54. The number of carbonyl (C=O) groups excluding carboxylic acids is 1. The molecule has 23 heavy (non-hydrogen) atoms. The van der Waals surface area contributed by atoms with Gasteiger partial charge in [-0.2, -0.15) is 0 Å². The first-order chi connectivity index (χ1) is 11.2. The standard InChI is InChI=1S/C17H17ClN2O2S/c18-14-3-1-13(2-4-14)16-11-20(9-10-22-16)17(21)12-23-15-5-7-19-8-6-15/h1-8,16H,9-12H2. The van der Waals surface area contributed by atoms with E-state index in [4.69, 9.17) is 16.3 Å². The van der Waals surface area contributed by atoms with Crippen molar-refractivity contribution in [2.75, 3.05) is 25.4 Å². The zero-order valence-corrected chi connectivity index (χ0v) is 14.1. The number of pyridine rings is 1. The van der Waals surface area contributed by atoms with Gasteiger partial charge in [-0.25, -0.2) is 0 Å². The molecule has 120 valence electrons. The quantitative estimate of drug-likeness (QED) is 0.794. The van der Waals surface area contributed by atoms with Crippen molar-refractivity contribution in [3.05, 3.63) is 59.4 Å². The fourth-order valence-corrected chi connectivity index (χ4v) is 3.34. The number of hydrogen-bond acceptors (Lipinski definition) is 4. The van der Waals surface area contributed by atoms with Gasteiger partial charge in [0.1, 0.15) is 6.10 Å². The Bertz CT molecular complexity index is 651. The smallest absolute Gasteiger partial charge is 0.233 e. The highest BCUT2D eigenvalue weighted by molar-refractivity contribution is 8.00. The van der Waals surface area contributed by atoms with Crippen LogP contribution in [0, 0.1) is 0 Å². The third kappa shape index (κ3) is 4.47. The Morgan fingerprint density at radius 3 is 2.74 bits per heavy atom. The lowest BCUT2D eigenvalue weighted by atomic mass is 10.1. The average molecular weight is 349 g/mol. The van der Waals surface area contributed by atoms with E-state index in [1.165, 1.54) is 11.8 Å². The highest BCUT2D eigenvalue weighted by Crippen LogP contribution is 2.25. The van der Waals surface area contributed by atoms with Gasteiger partial charge in [-0.3, -0.25) is 9.78 Å². The fraction of sp³-hybridized carbons (Fsp3) is 0.294. The van der Waals surface area contributed by atoms with Gasteiger partial charge in [0.15, 0.2) is 0 Å². The number of amides is 1. The Morgan fingerprint density at radius 1 is 1.26 bits per heavy atom. The zero-order valence-electron chi connectivity index (χ0n) is 12.5. The van der Waals surface area contributed by atoms with Crippen LogP contribution in [0.5, 0.6) is 0 Å². The summed E-state index contributed by atoms with van der Waals surface area (Å²) in [6.07, 6.45) is 3.38. The van der Waals surface area contributed by atoms with Gasteiger partial charge >= 0.3 is 0 Å². The Morgan fingerprint density at radius 2 is 2.00 bits per heavy atom. The summed E-state index contributed by atoms with van der Waals surface area (Å²) in [5.74, 6) is 0.561. The number of morpholine rings is 1. The Balaban J connectivity index is 1.57. The van der Waals surface area contributed by atoms with Gasteiger partial charge in [-0.1, -0.05) is 23.7 Å². The van der Waals surface area contributed by atoms with Crippen molar-refractivity contribution in [3.8, 4) is 0 Å². The van der Waals surface area contributed by atoms with Crippen LogP contribution in [0.15, 0.2) is 53.7 Å². The minimum Gasteiger partial charge on any atom is -0.370 e. The van der Waals surface area contributed by atoms with Crippen LogP contribution < -0.4 is 0 Å². The normalized spacial score (nSPS) is 18.0. The summed E-state index contributed by atoms with van der Waals surface area (Å²) in [4.78, 5) is 19.3. The number of benzene rings is 1. The number of nitrogens with zero attached hydrogens (tertiary/aromatic N) is 2. The predicted octanol–water partition coefficient (Wildman–Crippen LogP) is 3.43. The van der Waals surface area contributed by atoms with Crippen LogP contribution in [0.4, 0.5) is 0 Å². The number of halogens is 1. The van der Waals surface area contributed by atoms with E-state index in [-0.39, 0.29) is 12.0 Å². The summed E-state index contributed by atoms with van der Waals surface area (Å²) in [6.45, 7) is 1.77. The molecule has 1 aliphatic rings. The van der Waals surface area contributed by atoms with Crippen LogP contribution in [0.1, 0.15) is 11.7 Å². The first-order valence-corrected chi connectivity index (χ1v) is 8.76. The monoisotopic (exact) mass is 348 g/mol. The first kappa shape index (κ1) is 16.3. The van der Waals surface area contributed by atoms with Crippen LogP contribution in [-0.2, 0) is 9.53 Å². The van der Waals surface area contributed by atoms with E-state index in [1.807, 2.05) is 41.3 Å². The van der Waals surface area contributed by atoms with Crippen LogP contribution in [0.25, 0.3) is 0 Å². The number of ether oxygens (including phenoxy) is 1. The minimum absolute atomic E-state index is 0.0871. The van der Waals surface area contributed by atoms with Crippen molar-refractivity contribution >= 4 is 29.3 Å². The van der Waals surface area contributed by atoms with Crippen LogP contribution >= 0.6 is 23.4 Å². The number of aromatic nitrogens is 1. The van der Waals surface area contributed by atoms with Gasteiger partial charge in [0.2, 0.25) is 5.91 Å². The summed E-state index contributed by atoms with van der Waals surface area (Å²) >= 11 is 7.45. The van der Waals surface area contributed by atoms with Gasteiger partial charge in [0.05, 0.1) is 18.9 Å². The molecule has 0 saturated carbocycles. The second kappa shape index (κ2) is 7.81. The highest BCUT2D eigenvalue weighted by atomic mass is 35.5. The number of rotatable bonds is 4. The lowest BCUT2D eigenvalue weighted by Crippen LogP contribution is -2.43. The molecule has 1 saturated heterocycles. The molecule has 0 radical (unpaired) electrons. The van der Waals surface area contributed by atoms with E-state index in [1.54, 1.807) is 12.4 Å². The summed E-state index contributed by atoms with van der Waals surface area (Å²) in [5, 5.41) is 0.700. The molecule has 1 amide bonds. The topological polar surface area (TPSA) is 42.4 Å². The van der Waals surface area contributed by atoms with Crippen LogP contribution in [0.2, 0.25) is 5.02 Å². The SMILES string of the molecule is O=C(CSc1ccncc1)N1CCOC(c2ccc(Cl)cc2)C1.